The normalized spacial score (nSPS) is 16.3. The number of aromatic nitrogens is 1. The molecule has 4 rings (SSSR count). The number of ether oxygens (including phenoxy) is 3. The van der Waals surface area contributed by atoms with Gasteiger partial charge < -0.3 is 19.5 Å². The van der Waals surface area contributed by atoms with Gasteiger partial charge in [0.25, 0.3) is 11.5 Å². The van der Waals surface area contributed by atoms with E-state index >= 15 is 0 Å². The molecular weight excluding hydrogens is 348 g/mol. The third-order valence-electron chi connectivity index (χ3n) is 5.05. The van der Waals surface area contributed by atoms with Crippen LogP contribution in [-0.4, -0.2) is 37.0 Å². The Labute approximate surface area is 156 Å². The second kappa shape index (κ2) is 7.44. The van der Waals surface area contributed by atoms with Gasteiger partial charge in [0.1, 0.15) is 5.56 Å². The van der Waals surface area contributed by atoms with E-state index in [0.29, 0.717) is 35.2 Å². The summed E-state index contributed by atoms with van der Waals surface area (Å²) in [6.07, 6.45) is 3.52. The van der Waals surface area contributed by atoms with Gasteiger partial charge in [-0.3, -0.25) is 14.2 Å². The van der Waals surface area contributed by atoms with Crippen LogP contribution < -0.4 is 20.3 Å². The lowest BCUT2D eigenvalue weighted by atomic mass is 10.0. The Hall–Kier alpha value is -2.80. The molecule has 142 valence electrons. The van der Waals surface area contributed by atoms with Crippen molar-refractivity contribution in [1.29, 1.82) is 0 Å². The van der Waals surface area contributed by atoms with Gasteiger partial charge in [0.05, 0.1) is 5.69 Å². The van der Waals surface area contributed by atoms with Crippen LogP contribution in [0.25, 0.3) is 5.69 Å². The number of carbonyl (C=O) groups is 1. The molecule has 1 N–H and O–H groups in total. The lowest BCUT2D eigenvalue weighted by Gasteiger charge is -2.22. The number of fused-ring (bicyclic) bond motifs is 1. The maximum atomic E-state index is 13.0. The Bertz CT molecular complexity index is 915. The molecule has 0 atom stereocenters. The average molecular weight is 370 g/mol. The van der Waals surface area contributed by atoms with Gasteiger partial charge in [0.2, 0.25) is 6.79 Å². The molecule has 2 aromatic rings. The minimum Gasteiger partial charge on any atom is -0.454 e. The van der Waals surface area contributed by atoms with Crippen LogP contribution in [0, 0.1) is 12.8 Å². The van der Waals surface area contributed by atoms with Crippen molar-refractivity contribution in [3.05, 3.63) is 51.9 Å². The van der Waals surface area contributed by atoms with E-state index in [1.807, 2.05) is 0 Å². The quantitative estimate of drug-likeness (QED) is 0.891. The van der Waals surface area contributed by atoms with Gasteiger partial charge in [-0.15, -0.1) is 0 Å². The summed E-state index contributed by atoms with van der Waals surface area (Å²) in [7, 11) is 0. The molecule has 0 saturated carbocycles. The number of hydrogen-bond donors (Lipinski definition) is 1. The van der Waals surface area contributed by atoms with Crippen molar-refractivity contribution >= 4 is 5.91 Å². The number of hydrogen-bond acceptors (Lipinski definition) is 5. The van der Waals surface area contributed by atoms with E-state index in [9.17, 15) is 9.59 Å². The highest BCUT2D eigenvalue weighted by Gasteiger charge is 2.20. The van der Waals surface area contributed by atoms with Crippen molar-refractivity contribution in [3.8, 4) is 17.2 Å². The van der Waals surface area contributed by atoms with Crippen molar-refractivity contribution in [3.63, 3.8) is 0 Å². The first-order valence-corrected chi connectivity index (χ1v) is 9.11. The van der Waals surface area contributed by atoms with E-state index in [2.05, 4.69) is 5.32 Å². The Morgan fingerprint density at radius 1 is 1.19 bits per heavy atom. The number of nitrogens with one attached hydrogen (secondary N) is 1. The third-order valence-corrected chi connectivity index (χ3v) is 5.05. The molecule has 2 aliphatic rings. The van der Waals surface area contributed by atoms with Gasteiger partial charge >= 0.3 is 0 Å². The maximum Gasteiger partial charge on any atom is 0.268 e. The lowest BCUT2D eigenvalue weighted by molar-refractivity contribution is 0.0642. The Morgan fingerprint density at radius 2 is 1.96 bits per heavy atom. The molecule has 1 saturated heterocycles. The number of pyridine rings is 1. The summed E-state index contributed by atoms with van der Waals surface area (Å²) in [5.74, 6) is 1.29. The molecule has 0 bridgehead atoms. The van der Waals surface area contributed by atoms with Crippen LogP contribution in [0.4, 0.5) is 0 Å². The van der Waals surface area contributed by atoms with Crippen molar-refractivity contribution in [1.82, 2.24) is 9.88 Å². The smallest absolute Gasteiger partial charge is 0.268 e. The zero-order chi connectivity index (χ0) is 18.8. The average Bonchev–Trinajstić information content (AvgIpc) is 3.15. The highest BCUT2D eigenvalue weighted by Crippen LogP contribution is 2.33. The summed E-state index contributed by atoms with van der Waals surface area (Å²) < 4.78 is 17.5. The number of nitrogens with zero attached hydrogens (tertiary/aromatic N) is 1. The summed E-state index contributed by atoms with van der Waals surface area (Å²) in [6, 6.07) is 7.04. The SMILES string of the molecule is Cc1ccn(-c2ccc3c(c2)OCO3)c(=O)c1C(=O)NCC1CCOCC1. The number of benzene rings is 1. The fourth-order valence-electron chi connectivity index (χ4n) is 3.42. The maximum absolute atomic E-state index is 13.0. The van der Waals surface area contributed by atoms with Crippen LogP contribution >= 0.6 is 0 Å². The number of carbonyl (C=O) groups excluding carboxylic acids is 1. The number of rotatable bonds is 4. The molecule has 0 spiro atoms. The molecular formula is C20H22N2O5. The van der Waals surface area contributed by atoms with E-state index in [1.54, 1.807) is 37.4 Å². The summed E-state index contributed by atoms with van der Waals surface area (Å²) in [4.78, 5) is 25.7. The van der Waals surface area contributed by atoms with Gasteiger partial charge in [0, 0.05) is 32.0 Å². The molecule has 2 aliphatic heterocycles. The van der Waals surface area contributed by atoms with Crippen LogP contribution in [0.2, 0.25) is 0 Å². The van der Waals surface area contributed by atoms with E-state index < -0.39 is 0 Å². The first kappa shape index (κ1) is 17.6. The molecule has 0 unspecified atom stereocenters. The number of aryl methyl sites for hydroxylation is 1. The largest absolute Gasteiger partial charge is 0.454 e. The Morgan fingerprint density at radius 3 is 2.78 bits per heavy atom. The topological polar surface area (TPSA) is 78.8 Å². The molecule has 7 heteroatoms. The lowest BCUT2D eigenvalue weighted by Crippen LogP contribution is -2.37. The van der Waals surface area contributed by atoms with E-state index in [4.69, 9.17) is 14.2 Å². The molecule has 1 fully saturated rings. The first-order valence-electron chi connectivity index (χ1n) is 9.11. The molecule has 1 amide bonds. The second-order valence-electron chi connectivity index (χ2n) is 6.85. The van der Waals surface area contributed by atoms with Crippen LogP contribution in [-0.2, 0) is 4.74 Å². The van der Waals surface area contributed by atoms with Gasteiger partial charge in [-0.2, -0.15) is 0 Å². The van der Waals surface area contributed by atoms with E-state index in [0.717, 1.165) is 26.1 Å². The molecule has 27 heavy (non-hydrogen) atoms. The van der Waals surface area contributed by atoms with E-state index in [-0.39, 0.29) is 23.8 Å². The second-order valence-corrected chi connectivity index (χ2v) is 6.85. The van der Waals surface area contributed by atoms with E-state index in [1.165, 1.54) is 4.57 Å². The summed E-state index contributed by atoms with van der Waals surface area (Å²) in [5.41, 5.74) is 1.10. The zero-order valence-electron chi connectivity index (χ0n) is 15.2. The highest BCUT2D eigenvalue weighted by molar-refractivity contribution is 5.95. The minimum absolute atomic E-state index is 0.168. The van der Waals surface area contributed by atoms with Gasteiger partial charge in [-0.05, 0) is 49.4 Å². The summed E-state index contributed by atoms with van der Waals surface area (Å²) in [5, 5.41) is 2.92. The van der Waals surface area contributed by atoms with Crippen molar-refractivity contribution in [2.24, 2.45) is 5.92 Å². The molecule has 1 aromatic heterocycles. The van der Waals surface area contributed by atoms with Gasteiger partial charge in [-0.25, -0.2) is 0 Å². The zero-order valence-corrected chi connectivity index (χ0v) is 15.2. The summed E-state index contributed by atoms with van der Waals surface area (Å²) >= 11 is 0. The molecule has 0 radical (unpaired) electrons. The number of amides is 1. The summed E-state index contributed by atoms with van der Waals surface area (Å²) in [6.45, 7) is 3.94. The highest BCUT2D eigenvalue weighted by atomic mass is 16.7. The third kappa shape index (κ3) is 3.55. The van der Waals surface area contributed by atoms with Crippen LogP contribution in [0.1, 0.15) is 28.8 Å². The predicted octanol–water partition coefficient (Wildman–Crippen LogP) is 2.03. The van der Waals surface area contributed by atoms with Gasteiger partial charge in [0.15, 0.2) is 11.5 Å². The Kier molecular flexibility index (Phi) is 4.85. The van der Waals surface area contributed by atoms with Crippen LogP contribution in [0.15, 0.2) is 35.3 Å². The predicted molar refractivity (Wildman–Crippen MR) is 98.8 cm³/mol. The van der Waals surface area contributed by atoms with Crippen molar-refractivity contribution < 1.29 is 19.0 Å². The fraction of sp³-hybridized carbons (Fsp3) is 0.400. The van der Waals surface area contributed by atoms with Crippen LogP contribution in [0.5, 0.6) is 11.5 Å². The first-order chi connectivity index (χ1) is 13.1. The van der Waals surface area contributed by atoms with Gasteiger partial charge in [-0.1, -0.05) is 0 Å². The molecule has 3 heterocycles. The van der Waals surface area contributed by atoms with Crippen LogP contribution in [0.3, 0.4) is 0 Å². The molecule has 1 aromatic carbocycles. The fourth-order valence-corrected chi connectivity index (χ4v) is 3.42. The van der Waals surface area contributed by atoms with Crippen molar-refractivity contribution in [2.45, 2.75) is 19.8 Å². The minimum atomic E-state index is -0.349. The standard InChI is InChI=1S/C20H22N2O5/c1-13-4-7-22(15-2-3-16-17(10-15)27-12-26-16)20(24)18(13)19(23)21-11-14-5-8-25-9-6-14/h2-4,7,10,14H,5-6,8-9,11-12H2,1H3,(H,21,23). The van der Waals surface area contributed by atoms with Crippen molar-refractivity contribution in [2.75, 3.05) is 26.6 Å². The molecule has 7 nitrogen and oxygen atoms in total. The monoisotopic (exact) mass is 370 g/mol. The Balaban J connectivity index is 1.59. The molecule has 0 aliphatic carbocycles.